The van der Waals surface area contributed by atoms with Gasteiger partial charge in [0.2, 0.25) is 18.2 Å². The van der Waals surface area contributed by atoms with Crippen molar-refractivity contribution in [2.24, 2.45) is 0 Å². The highest BCUT2D eigenvalue weighted by Gasteiger charge is 2.47. The second kappa shape index (κ2) is 9.76. The summed E-state index contributed by atoms with van der Waals surface area (Å²) in [6.07, 6.45) is 0.254. The van der Waals surface area contributed by atoms with E-state index in [1.807, 2.05) is 0 Å². The van der Waals surface area contributed by atoms with Crippen LogP contribution in [0.15, 0.2) is 31.0 Å². The van der Waals surface area contributed by atoms with E-state index < -0.39 is 36.4 Å². The Morgan fingerprint density at radius 3 is 2.56 bits per heavy atom. The van der Waals surface area contributed by atoms with Crippen molar-refractivity contribution in [3.8, 4) is 11.4 Å². The van der Waals surface area contributed by atoms with Crippen molar-refractivity contribution in [2.45, 2.75) is 44.4 Å². The Balaban J connectivity index is 1.32. The third-order valence-corrected chi connectivity index (χ3v) is 6.81. The fourth-order valence-corrected chi connectivity index (χ4v) is 4.61. The zero-order chi connectivity index (χ0) is 28.1. The van der Waals surface area contributed by atoms with Gasteiger partial charge in [0, 0.05) is 39.2 Å². The van der Waals surface area contributed by atoms with Crippen molar-refractivity contribution in [1.82, 2.24) is 34.4 Å². The minimum atomic E-state index is -4.37. The van der Waals surface area contributed by atoms with Crippen molar-refractivity contribution in [2.75, 3.05) is 35.8 Å². The second-order valence-corrected chi connectivity index (χ2v) is 9.29. The highest BCUT2D eigenvalue weighted by Crippen LogP contribution is 2.35. The highest BCUT2D eigenvalue weighted by molar-refractivity contribution is 6.00. The van der Waals surface area contributed by atoms with Crippen LogP contribution in [0.1, 0.15) is 36.3 Å². The molecule has 2 N–H and O–H groups in total. The van der Waals surface area contributed by atoms with E-state index in [1.54, 1.807) is 14.0 Å². The van der Waals surface area contributed by atoms with Crippen LogP contribution in [0, 0.1) is 0 Å². The molecule has 0 radical (unpaired) electrons. The SMILES string of the molecule is C[C@H](C(=O)Nc1ccnc(-c2cnc(N3CCC[C@@H]3C(F)(F)F)nc2)n1)n1cnc2c1C(=O)N(C)C(O)N2C. The third-order valence-electron chi connectivity index (χ3n) is 6.81. The van der Waals surface area contributed by atoms with Gasteiger partial charge in [0.05, 0.1) is 11.9 Å². The van der Waals surface area contributed by atoms with E-state index in [4.69, 9.17) is 0 Å². The molecule has 2 amide bonds. The molecule has 16 heteroatoms. The molecule has 3 aromatic rings. The number of hydrogen-bond acceptors (Lipinski definition) is 10. The molecule has 0 saturated carbocycles. The van der Waals surface area contributed by atoms with Gasteiger partial charge in [-0.3, -0.25) is 14.5 Å². The van der Waals surface area contributed by atoms with E-state index in [2.05, 4.69) is 30.2 Å². The fourth-order valence-electron chi connectivity index (χ4n) is 4.61. The second-order valence-electron chi connectivity index (χ2n) is 9.29. The molecule has 1 fully saturated rings. The molecule has 1 saturated heterocycles. The maximum absolute atomic E-state index is 13.3. The number of aliphatic hydroxyl groups excluding tert-OH is 1. The Kier molecular flexibility index (Phi) is 6.57. The molecule has 2 aliphatic heterocycles. The van der Waals surface area contributed by atoms with Crippen LogP contribution in [0.4, 0.5) is 30.8 Å². The normalized spacial score (nSPS) is 20.3. The zero-order valence-electron chi connectivity index (χ0n) is 21.2. The summed E-state index contributed by atoms with van der Waals surface area (Å²) in [6.45, 7) is 1.79. The number of carbonyl (C=O) groups excluding carboxylic acids is 2. The number of nitrogens with zero attached hydrogens (tertiary/aromatic N) is 9. The Labute approximate surface area is 220 Å². The average molecular weight is 547 g/mol. The molecule has 1 unspecified atom stereocenters. The molecule has 39 heavy (non-hydrogen) atoms. The summed E-state index contributed by atoms with van der Waals surface area (Å²) in [5, 5.41) is 12.9. The molecule has 2 aliphatic rings. The Morgan fingerprint density at radius 2 is 1.87 bits per heavy atom. The van der Waals surface area contributed by atoms with Crippen LogP contribution in [0.5, 0.6) is 0 Å². The molecule has 3 aromatic heterocycles. The summed E-state index contributed by atoms with van der Waals surface area (Å²) in [6, 6.07) is -1.03. The largest absolute Gasteiger partial charge is 0.408 e. The van der Waals surface area contributed by atoms with Gasteiger partial charge in [-0.05, 0) is 25.8 Å². The Morgan fingerprint density at radius 1 is 1.15 bits per heavy atom. The third kappa shape index (κ3) is 4.71. The number of rotatable bonds is 5. The Bertz CT molecular complexity index is 1400. The van der Waals surface area contributed by atoms with E-state index >= 15 is 0 Å². The van der Waals surface area contributed by atoms with Crippen molar-refractivity contribution in [3.63, 3.8) is 0 Å². The number of anilines is 3. The van der Waals surface area contributed by atoms with Gasteiger partial charge in [0.25, 0.3) is 5.91 Å². The van der Waals surface area contributed by atoms with Crippen molar-refractivity contribution in [3.05, 3.63) is 36.7 Å². The first kappa shape index (κ1) is 26.3. The molecular formula is C23H25F3N10O3. The predicted molar refractivity (Wildman–Crippen MR) is 132 cm³/mol. The van der Waals surface area contributed by atoms with E-state index in [0.717, 1.165) is 9.80 Å². The lowest BCUT2D eigenvalue weighted by molar-refractivity contribution is -0.146. The molecule has 0 bridgehead atoms. The van der Waals surface area contributed by atoms with E-state index in [0.29, 0.717) is 12.0 Å². The van der Waals surface area contributed by atoms with Gasteiger partial charge in [-0.25, -0.2) is 24.9 Å². The number of alkyl halides is 3. The number of hydrogen-bond donors (Lipinski definition) is 2. The van der Waals surface area contributed by atoms with E-state index in [1.165, 1.54) is 47.5 Å². The van der Waals surface area contributed by atoms with Gasteiger partial charge < -0.3 is 24.8 Å². The van der Waals surface area contributed by atoms with Gasteiger partial charge in [-0.15, -0.1) is 0 Å². The van der Waals surface area contributed by atoms with Crippen molar-refractivity contribution in [1.29, 1.82) is 0 Å². The maximum atomic E-state index is 13.3. The Hall–Kier alpha value is -4.34. The molecule has 0 spiro atoms. The molecule has 13 nitrogen and oxygen atoms in total. The van der Waals surface area contributed by atoms with Crippen LogP contribution in [0.2, 0.25) is 0 Å². The van der Waals surface area contributed by atoms with Gasteiger partial charge in [0.15, 0.2) is 17.3 Å². The first-order valence-corrected chi connectivity index (χ1v) is 12.0. The lowest BCUT2D eigenvalue weighted by Gasteiger charge is -2.36. The lowest BCUT2D eigenvalue weighted by Crippen LogP contribution is -2.52. The van der Waals surface area contributed by atoms with Crippen LogP contribution >= 0.6 is 0 Å². The summed E-state index contributed by atoms with van der Waals surface area (Å²) in [5.74, 6) is -0.456. The molecule has 5 rings (SSSR count). The van der Waals surface area contributed by atoms with Crippen LogP contribution in [0.3, 0.4) is 0 Å². The highest BCUT2D eigenvalue weighted by atomic mass is 19.4. The topological polar surface area (TPSA) is 146 Å². The van der Waals surface area contributed by atoms with E-state index in [9.17, 15) is 27.9 Å². The number of imidazole rings is 1. The first-order chi connectivity index (χ1) is 18.5. The lowest BCUT2D eigenvalue weighted by atomic mass is 10.2. The summed E-state index contributed by atoms with van der Waals surface area (Å²) < 4.78 is 41.3. The predicted octanol–water partition coefficient (Wildman–Crippen LogP) is 1.66. The quantitative estimate of drug-likeness (QED) is 0.485. The van der Waals surface area contributed by atoms with Crippen LogP contribution in [0.25, 0.3) is 11.4 Å². The average Bonchev–Trinajstić information content (AvgIpc) is 3.59. The number of nitrogens with one attached hydrogen (secondary N) is 1. The molecule has 0 aromatic carbocycles. The minimum absolute atomic E-state index is 0.0106. The first-order valence-electron chi connectivity index (χ1n) is 12.0. The maximum Gasteiger partial charge on any atom is 0.408 e. The smallest absolute Gasteiger partial charge is 0.356 e. The van der Waals surface area contributed by atoms with Crippen LogP contribution < -0.4 is 15.1 Å². The number of amides is 2. The number of fused-ring (bicyclic) bond motifs is 1. The zero-order valence-corrected chi connectivity index (χ0v) is 21.2. The molecule has 0 aliphatic carbocycles. The van der Waals surface area contributed by atoms with Gasteiger partial charge in [-0.2, -0.15) is 13.2 Å². The molecule has 3 atom stereocenters. The van der Waals surface area contributed by atoms with Crippen LogP contribution in [-0.4, -0.2) is 90.5 Å². The summed E-state index contributed by atoms with van der Waals surface area (Å²) in [7, 11) is 3.01. The fraction of sp³-hybridized carbons (Fsp3) is 0.435. The van der Waals surface area contributed by atoms with Crippen LogP contribution in [-0.2, 0) is 4.79 Å². The summed E-state index contributed by atoms with van der Waals surface area (Å²) >= 11 is 0. The summed E-state index contributed by atoms with van der Waals surface area (Å²) in [5.41, 5.74) is 0.504. The van der Waals surface area contributed by atoms with Gasteiger partial charge >= 0.3 is 6.18 Å². The number of halogens is 3. The number of carbonyl (C=O) groups is 2. The molecule has 5 heterocycles. The summed E-state index contributed by atoms with van der Waals surface area (Å²) in [4.78, 5) is 50.3. The minimum Gasteiger partial charge on any atom is -0.356 e. The van der Waals surface area contributed by atoms with E-state index in [-0.39, 0.29) is 42.1 Å². The monoisotopic (exact) mass is 546 g/mol. The number of aliphatic hydroxyl groups is 1. The van der Waals surface area contributed by atoms with Gasteiger partial charge in [0.1, 0.15) is 17.9 Å². The molecule has 206 valence electrons. The van der Waals surface area contributed by atoms with Crippen molar-refractivity contribution >= 4 is 29.4 Å². The van der Waals surface area contributed by atoms with Gasteiger partial charge in [-0.1, -0.05) is 0 Å². The number of aromatic nitrogens is 6. The standard InChI is InChI=1S/C23H25F3N10O3/c1-12(36-11-30-18-16(36)20(38)34(3)22(39)33(18)2)19(37)32-15-6-7-27-17(31-15)13-9-28-21(29-10-13)35-8-4-5-14(35)23(24,25)26/h6-7,9-12,14,22,39H,4-5,8H2,1-3H3,(H,27,31,32,37)/t12-,14-,22?/m1/s1. The van der Waals surface area contributed by atoms with Crippen molar-refractivity contribution < 1.29 is 27.9 Å². The molecular weight excluding hydrogens is 521 g/mol.